The number of hydrogen-bond acceptors (Lipinski definition) is 6. The van der Waals surface area contributed by atoms with Crippen molar-refractivity contribution in [3.05, 3.63) is 33.7 Å². The maximum Gasteiger partial charge on any atom is 0.314 e. The minimum Gasteiger partial charge on any atom is -0.481 e. The van der Waals surface area contributed by atoms with Crippen molar-refractivity contribution >= 4 is 52.5 Å². The van der Waals surface area contributed by atoms with Crippen molar-refractivity contribution in [3.63, 3.8) is 0 Å². The van der Waals surface area contributed by atoms with E-state index in [4.69, 9.17) is 21.4 Å². The molecule has 4 rings (SSSR count). The van der Waals surface area contributed by atoms with Crippen molar-refractivity contribution in [1.82, 2.24) is 5.32 Å². The summed E-state index contributed by atoms with van der Waals surface area (Å²) in [5.41, 5.74) is 0.585. The maximum absolute atomic E-state index is 12.2. The van der Waals surface area contributed by atoms with E-state index in [1.807, 2.05) is 0 Å². The number of thioether (sulfide) groups is 1. The summed E-state index contributed by atoms with van der Waals surface area (Å²) in [7, 11) is 0. The van der Waals surface area contributed by atoms with E-state index in [1.54, 1.807) is 24.3 Å². The number of hydrogen-bond donors (Lipinski definition) is 2. The molecule has 178 valence electrons. The Bertz CT molecular complexity index is 935. The second-order valence-electron chi connectivity index (χ2n) is 8.46. The number of esters is 1. The molecule has 2 saturated carbocycles. The van der Waals surface area contributed by atoms with Gasteiger partial charge in [0.2, 0.25) is 0 Å². The molecule has 0 bridgehead atoms. The molecule has 0 atom stereocenters. The number of carbonyl (C=O) groups excluding carboxylic acids is 3. The zero-order chi connectivity index (χ0) is 23.8. The van der Waals surface area contributed by atoms with Crippen LogP contribution in [-0.4, -0.2) is 28.2 Å². The monoisotopic (exact) mass is 493 g/mol. The van der Waals surface area contributed by atoms with Crippen LogP contribution < -0.4 is 10.1 Å². The topological polar surface area (TPSA) is 110 Å². The highest BCUT2D eigenvalue weighted by Crippen LogP contribution is 2.31. The Kier molecular flexibility index (Phi) is 9.38. The summed E-state index contributed by atoms with van der Waals surface area (Å²) in [5.74, 6) is -0.934. The molecule has 0 spiro atoms. The molecule has 3 aliphatic rings. The van der Waals surface area contributed by atoms with Gasteiger partial charge in [0.25, 0.3) is 11.1 Å². The van der Waals surface area contributed by atoms with Crippen LogP contribution in [0.25, 0.3) is 6.08 Å². The van der Waals surface area contributed by atoms with Gasteiger partial charge < -0.3 is 9.84 Å². The van der Waals surface area contributed by atoms with Crippen molar-refractivity contribution in [2.45, 2.75) is 64.2 Å². The first-order chi connectivity index (χ1) is 15.8. The lowest BCUT2D eigenvalue weighted by Crippen LogP contribution is -2.22. The van der Waals surface area contributed by atoms with E-state index in [9.17, 15) is 19.2 Å². The minimum absolute atomic E-state index is 0.0289. The van der Waals surface area contributed by atoms with Crippen LogP contribution in [0.15, 0.2) is 23.1 Å². The smallest absolute Gasteiger partial charge is 0.314 e. The second kappa shape index (κ2) is 12.2. The molecule has 1 saturated heterocycles. The van der Waals surface area contributed by atoms with E-state index in [1.165, 1.54) is 12.8 Å². The number of halogens is 1. The molecule has 7 nitrogen and oxygen atoms in total. The number of benzene rings is 1. The summed E-state index contributed by atoms with van der Waals surface area (Å²) in [6, 6.07) is 4.85. The third kappa shape index (κ3) is 7.61. The molecule has 33 heavy (non-hydrogen) atoms. The van der Waals surface area contributed by atoms with Gasteiger partial charge in [-0.2, -0.15) is 0 Å². The normalized spacial score (nSPS) is 20.7. The highest BCUT2D eigenvalue weighted by Gasteiger charge is 2.26. The summed E-state index contributed by atoms with van der Waals surface area (Å²) in [6.45, 7) is 0. The highest BCUT2D eigenvalue weighted by atomic mass is 35.5. The fourth-order valence-electron chi connectivity index (χ4n) is 4.14. The van der Waals surface area contributed by atoms with Crippen LogP contribution in [0.1, 0.15) is 69.8 Å². The van der Waals surface area contributed by atoms with Crippen LogP contribution in [0.2, 0.25) is 5.02 Å². The van der Waals surface area contributed by atoms with Gasteiger partial charge in [-0.3, -0.25) is 24.5 Å². The first-order valence-electron chi connectivity index (χ1n) is 11.3. The van der Waals surface area contributed by atoms with Crippen molar-refractivity contribution in [2.75, 3.05) is 0 Å². The zero-order valence-electron chi connectivity index (χ0n) is 18.3. The zero-order valence-corrected chi connectivity index (χ0v) is 19.9. The van der Waals surface area contributed by atoms with Crippen molar-refractivity contribution in [2.24, 2.45) is 11.8 Å². The Balaban J connectivity index is 0.000000286. The number of nitrogens with one attached hydrogen (secondary N) is 1. The molecule has 2 aliphatic carbocycles. The molecule has 0 radical (unpaired) electrons. The Labute approximate surface area is 202 Å². The van der Waals surface area contributed by atoms with Gasteiger partial charge in [0.1, 0.15) is 5.75 Å². The second-order valence-corrected chi connectivity index (χ2v) is 9.89. The Morgan fingerprint density at radius 2 is 1.61 bits per heavy atom. The lowest BCUT2D eigenvalue weighted by atomic mass is 9.89. The Hall–Kier alpha value is -2.32. The van der Waals surface area contributed by atoms with Crippen LogP contribution in [-0.2, 0) is 14.4 Å². The largest absolute Gasteiger partial charge is 0.481 e. The van der Waals surface area contributed by atoms with Crippen molar-refractivity contribution in [3.8, 4) is 5.75 Å². The van der Waals surface area contributed by atoms with E-state index in [0.717, 1.165) is 63.1 Å². The number of imide groups is 1. The standard InChI is InChI=1S/C17H16ClNO4S.C7H12O2/c18-13-9-12(23-16(21)10-4-2-1-3-5-10)7-6-11(13)8-14-15(20)19-17(22)24-14;8-7(9)6-4-2-1-3-5-6/h6-10H,1-5H2,(H,19,20,22);6H,1-5H2,(H,8,9)/b14-8-;. The molecule has 9 heteroatoms. The Morgan fingerprint density at radius 3 is 2.09 bits per heavy atom. The number of aliphatic carboxylic acids is 1. The predicted octanol–water partition coefficient (Wildman–Crippen LogP) is 5.80. The lowest BCUT2D eigenvalue weighted by Gasteiger charge is -2.19. The maximum atomic E-state index is 12.2. The first-order valence-corrected chi connectivity index (χ1v) is 12.5. The van der Waals surface area contributed by atoms with Crippen molar-refractivity contribution in [1.29, 1.82) is 0 Å². The van der Waals surface area contributed by atoms with Gasteiger partial charge >= 0.3 is 11.9 Å². The van der Waals surface area contributed by atoms with Crippen LogP contribution in [0, 0.1) is 11.8 Å². The molecule has 1 aromatic carbocycles. The van der Waals surface area contributed by atoms with E-state index >= 15 is 0 Å². The molecule has 2 amide bonds. The van der Waals surface area contributed by atoms with Crippen LogP contribution in [0.5, 0.6) is 5.75 Å². The Morgan fingerprint density at radius 1 is 1.00 bits per heavy atom. The van der Waals surface area contributed by atoms with Gasteiger partial charge in [0.05, 0.1) is 21.8 Å². The van der Waals surface area contributed by atoms with E-state index in [2.05, 4.69) is 5.32 Å². The summed E-state index contributed by atoms with van der Waals surface area (Å²) in [6.07, 6.45) is 11.8. The number of carbonyl (C=O) groups is 4. The molecule has 1 heterocycles. The number of carboxylic acid groups (broad SMARTS) is 1. The molecular formula is C24H28ClNO6S. The molecule has 1 aromatic rings. The first kappa shape index (κ1) is 25.3. The lowest BCUT2D eigenvalue weighted by molar-refractivity contribution is -0.143. The predicted molar refractivity (Wildman–Crippen MR) is 127 cm³/mol. The summed E-state index contributed by atoms with van der Waals surface area (Å²) < 4.78 is 5.42. The number of ether oxygens (including phenoxy) is 1. The van der Waals surface area contributed by atoms with Crippen LogP contribution >= 0.6 is 23.4 Å². The van der Waals surface area contributed by atoms with E-state index < -0.39 is 17.1 Å². The average molecular weight is 494 g/mol. The molecule has 0 aromatic heterocycles. The van der Waals surface area contributed by atoms with Gasteiger partial charge in [-0.25, -0.2) is 0 Å². The highest BCUT2D eigenvalue weighted by molar-refractivity contribution is 8.18. The molecule has 1 aliphatic heterocycles. The average Bonchev–Trinajstić information content (AvgIpc) is 3.13. The quantitative estimate of drug-likeness (QED) is 0.310. The van der Waals surface area contributed by atoms with Gasteiger partial charge in [-0.1, -0.05) is 50.1 Å². The SMILES string of the molecule is O=C(O)C1CCCCC1.O=C1NC(=O)/C(=C/c2ccc(OC(=O)C3CCCCC3)cc2Cl)S1. The van der Waals surface area contributed by atoms with Gasteiger partial charge in [-0.05, 0) is 61.2 Å². The molecule has 2 N–H and O–H groups in total. The minimum atomic E-state index is -0.602. The number of amides is 2. The van der Waals surface area contributed by atoms with E-state index in [0.29, 0.717) is 16.3 Å². The van der Waals surface area contributed by atoms with Crippen LogP contribution in [0.3, 0.4) is 0 Å². The van der Waals surface area contributed by atoms with E-state index in [-0.39, 0.29) is 22.7 Å². The molecule has 0 unspecified atom stereocenters. The number of carboxylic acids is 1. The summed E-state index contributed by atoms with van der Waals surface area (Å²) in [5, 5.41) is 10.7. The third-order valence-electron chi connectivity index (χ3n) is 6.01. The number of rotatable bonds is 4. The fraction of sp³-hybridized carbons (Fsp3) is 0.500. The molecular weight excluding hydrogens is 466 g/mol. The fourth-order valence-corrected chi connectivity index (χ4v) is 5.04. The molecule has 3 fully saturated rings. The summed E-state index contributed by atoms with van der Waals surface area (Å²) >= 11 is 7.03. The van der Waals surface area contributed by atoms with Crippen LogP contribution in [0.4, 0.5) is 4.79 Å². The third-order valence-corrected chi connectivity index (χ3v) is 7.15. The van der Waals surface area contributed by atoms with Crippen molar-refractivity contribution < 1.29 is 29.0 Å². The summed E-state index contributed by atoms with van der Waals surface area (Å²) in [4.78, 5) is 45.5. The van der Waals surface area contributed by atoms with Gasteiger partial charge in [0.15, 0.2) is 0 Å². The van der Waals surface area contributed by atoms with Gasteiger partial charge in [-0.15, -0.1) is 0 Å². The van der Waals surface area contributed by atoms with Gasteiger partial charge in [0, 0.05) is 6.07 Å².